The van der Waals surface area contributed by atoms with Gasteiger partial charge in [-0.15, -0.1) is 0 Å². The second kappa shape index (κ2) is 5.01. The van der Waals surface area contributed by atoms with Crippen LogP contribution in [0.1, 0.15) is 27.7 Å². The van der Waals surface area contributed by atoms with Crippen molar-refractivity contribution in [3.63, 3.8) is 0 Å². The molecule has 0 aliphatic carbocycles. The van der Waals surface area contributed by atoms with Gasteiger partial charge in [0.05, 0.1) is 31.9 Å². The van der Waals surface area contributed by atoms with Gasteiger partial charge in [-0.25, -0.2) is 4.79 Å². The van der Waals surface area contributed by atoms with Gasteiger partial charge in [-0.3, -0.25) is 0 Å². The molecule has 1 unspecified atom stereocenters. The van der Waals surface area contributed by atoms with E-state index in [1.807, 2.05) is 20.8 Å². The van der Waals surface area contributed by atoms with Crippen LogP contribution in [0.25, 0.3) is 0 Å². The van der Waals surface area contributed by atoms with Crippen LogP contribution in [0, 0.1) is 0 Å². The number of ether oxygens (including phenoxy) is 2. The molecular formula is C11H21NO4. The van der Waals surface area contributed by atoms with E-state index >= 15 is 0 Å². The summed E-state index contributed by atoms with van der Waals surface area (Å²) in [5.74, 6) is 0. The number of nitrogens with zero attached hydrogens (tertiary/aromatic N) is 1. The molecule has 0 saturated carbocycles. The highest BCUT2D eigenvalue weighted by molar-refractivity contribution is 5.69. The van der Waals surface area contributed by atoms with Gasteiger partial charge in [-0.05, 0) is 27.7 Å². The van der Waals surface area contributed by atoms with Crippen molar-refractivity contribution in [3.8, 4) is 0 Å². The highest BCUT2D eigenvalue weighted by atomic mass is 16.6. The first-order valence-electron chi connectivity index (χ1n) is 5.56. The molecule has 1 saturated heterocycles. The van der Waals surface area contributed by atoms with Crippen molar-refractivity contribution in [2.45, 2.75) is 45.5 Å². The Balaban J connectivity index is 2.23. The first kappa shape index (κ1) is 13.3. The molecule has 1 aliphatic heterocycles. The van der Waals surface area contributed by atoms with Gasteiger partial charge in [0.15, 0.2) is 0 Å². The molecule has 0 aromatic carbocycles. The number of hydrogen-bond acceptors (Lipinski definition) is 4. The number of aliphatic hydroxyl groups excluding tert-OH is 1. The molecule has 1 N–H and O–H groups in total. The van der Waals surface area contributed by atoms with Crippen LogP contribution >= 0.6 is 0 Å². The molecule has 1 heterocycles. The lowest BCUT2D eigenvalue weighted by Crippen LogP contribution is -2.56. The maximum atomic E-state index is 11.5. The molecule has 0 radical (unpaired) electrons. The molecule has 0 aromatic heterocycles. The minimum absolute atomic E-state index is 0.00291. The third-order valence-corrected chi connectivity index (χ3v) is 2.18. The largest absolute Gasteiger partial charge is 0.444 e. The molecule has 1 amide bonds. The SMILES string of the molecule is CC(CO)OC1CN(C(=O)OC(C)(C)C)C1. The summed E-state index contributed by atoms with van der Waals surface area (Å²) in [5.41, 5.74) is -0.457. The summed E-state index contributed by atoms with van der Waals surface area (Å²) in [6.45, 7) is 8.41. The average Bonchev–Trinajstić information content (AvgIpc) is 2.06. The van der Waals surface area contributed by atoms with Crippen molar-refractivity contribution in [1.82, 2.24) is 4.90 Å². The van der Waals surface area contributed by atoms with E-state index in [1.165, 1.54) is 0 Å². The van der Waals surface area contributed by atoms with Crippen LogP contribution in [-0.2, 0) is 9.47 Å². The second-order valence-electron chi connectivity index (χ2n) is 5.14. The van der Waals surface area contributed by atoms with Crippen LogP contribution < -0.4 is 0 Å². The Hall–Kier alpha value is -0.810. The highest BCUT2D eigenvalue weighted by Gasteiger charge is 2.34. The van der Waals surface area contributed by atoms with Gasteiger partial charge < -0.3 is 19.5 Å². The Morgan fingerprint density at radius 1 is 1.50 bits per heavy atom. The van der Waals surface area contributed by atoms with E-state index in [9.17, 15) is 4.79 Å². The fourth-order valence-corrected chi connectivity index (χ4v) is 1.37. The number of likely N-dealkylation sites (tertiary alicyclic amines) is 1. The van der Waals surface area contributed by atoms with Crippen molar-refractivity contribution in [2.24, 2.45) is 0 Å². The van der Waals surface area contributed by atoms with E-state index in [4.69, 9.17) is 14.6 Å². The monoisotopic (exact) mass is 231 g/mol. The minimum atomic E-state index is -0.457. The first-order chi connectivity index (χ1) is 7.31. The van der Waals surface area contributed by atoms with Crippen LogP contribution in [0.5, 0.6) is 0 Å². The third kappa shape index (κ3) is 3.98. The van der Waals surface area contributed by atoms with Crippen molar-refractivity contribution < 1.29 is 19.4 Å². The van der Waals surface area contributed by atoms with Gasteiger partial charge in [0.1, 0.15) is 5.60 Å². The Labute approximate surface area is 96.3 Å². The van der Waals surface area contributed by atoms with E-state index in [0.29, 0.717) is 13.1 Å². The zero-order valence-corrected chi connectivity index (χ0v) is 10.4. The molecule has 94 valence electrons. The normalized spacial score (nSPS) is 19.2. The lowest BCUT2D eigenvalue weighted by molar-refractivity contribution is -0.0989. The molecule has 0 bridgehead atoms. The van der Waals surface area contributed by atoms with E-state index in [1.54, 1.807) is 11.8 Å². The summed E-state index contributed by atoms with van der Waals surface area (Å²) in [5, 5.41) is 8.80. The topological polar surface area (TPSA) is 59.0 Å². The molecule has 1 fully saturated rings. The van der Waals surface area contributed by atoms with Crippen molar-refractivity contribution in [2.75, 3.05) is 19.7 Å². The first-order valence-corrected chi connectivity index (χ1v) is 5.56. The Kier molecular flexibility index (Phi) is 4.15. The molecule has 1 rings (SSSR count). The van der Waals surface area contributed by atoms with Gasteiger partial charge in [0, 0.05) is 0 Å². The maximum absolute atomic E-state index is 11.5. The summed E-state index contributed by atoms with van der Waals surface area (Å²) in [6.07, 6.45) is -0.454. The molecule has 16 heavy (non-hydrogen) atoms. The predicted molar refractivity (Wildman–Crippen MR) is 59.2 cm³/mol. The molecule has 0 aromatic rings. The number of aliphatic hydroxyl groups is 1. The molecular weight excluding hydrogens is 210 g/mol. The van der Waals surface area contributed by atoms with Crippen LogP contribution in [-0.4, -0.2) is 53.6 Å². The number of carbonyl (C=O) groups excluding carboxylic acids is 1. The van der Waals surface area contributed by atoms with Crippen molar-refractivity contribution in [3.05, 3.63) is 0 Å². The van der Waals surface area contributed by atoms with E-state index in [2.05, 4.69) is 0 Å². The maximum Gasteiger partial charge on any atom is 0.410 e. The van der Waals surface area contributed by atoms with Gasteiger partial charge in [0.2, 0.25) is 0 Å². The summed E-state index contributed by atoms with van der Waals surface area (Å²) in [7, 11) is 0. The minimum Gasteiger partial charge on any atom is -0.444 e. The Morgan fingerprint density at radius 3 is 2.50 bits per heavy atom. The van der Waals surface area contributed by atoms with Gasteiger partial charge >= 0.3 is 6.09 Å². The van der Waals surface area contributed by atoms with Gasteiger partial charge in [-0.1, -0.05) is 0 Å². The molecule has 1 atom stereocenters. The Bertz CT molecular complexity index is 243. The summed E-state index contributed by atoms with van der Waals surface area (Å²) in [6, 6.07) is 0. The fourth-order valence-electron chi connectivity index (χ4n) is 1.37. The number of amides is 1. The predicted octanol–water partition coefficient (Wildman–Crippen LogP) is 1.00. The average molecular weight is 231 g/mol. The second-order valence-corrected chi connectivity index (χ2v) is 5.14. The molecule has 5 heteroatoms. The van der Waals surface area contributed by atoms with Crippen molar-refractivity contribution >= 4 is 6.09 Å². The summed E-state index contributed by atoms with van der Waals surface area (Å²) in [4.78, 5) is 13.1. The number of hydrogen-bond donors (Lipinski definition) is 1. The fraction of sp³-hybridized carbons (Fsp3) is 0.909. The number of rotatable bonds is 3. The van der Waals surface area contributed by atoms with Gasteiger partial charge in [0.25, 0.3) is 0 Å². The van der Waals surface area contributed by atoms with E-state index in [-0.39, 0.29) is 24.9 Å². The van der Waals surface area contributed by atoms with E-state index < -0.39 is 5.60 Å². The summed E-state index contributed by atoms with van der Waals surface area (Å²) < 4.78 is 10.6. The lowest BCUT2D eigenvalue weighted by atomic mass is 10.1. The van der Waals surface area contributed by atoms with Crippen LogP contribution in [0.2, 0.25) is 0 Å². The van der Waals surface area contributed by atoms with Crippen LogP contribution in [0.15, 0.2) is 0 Å². The van der Waals surface area contributed by atoms with Crippen LogP contribution in [0.4, 0.5) is 4.79 Å². The molecule has 5 nitrogen and oxygen atoms in total. The third-order valence-electron chi connectivity index (χ3n) is 2.18. The lowest BCUT2D eigenvalue weighted by Gasteiger charge is -2.40. The van der Waals surface area contributed by atoms with Gasteiger partial charge in [-0.2, -0.15) is 0 Å². The number of carbonyl (C=O) groups is 1. The van der Waals surface area contributed by atoms with E-state index in [0.717, 1.165) is 0 Å². The quantitative estimate of drug-likeness (QED) is 0.787. The highest BCUT2D eigenvalue weighted by Crippen LogP contribution is 2.17. The molecule has 1 aliphatic rings. The molecule has 0 spiro atoms. The standard InChI is InChI=1S/C11H21NO4/c1-8(7-13)15-9-5-12(6-9)10(14)16-11(2,3)4/h8-9,13H,5-7H2,1-4H3. The van der Waals surface area contributed by atoms with Crippen molar-refractivity contribution in [1.29, 1.82) is 0 Å². The zero-order chi connectivity index (χ0) is 12.3. The summed E-state index contributed by atoms with van der Waals surface area (Å²) >= 11 is 0. The zero-order valence-electron chi connectivity index (χ0n) is 10.4. The van der Waals surface area contributed by atoms with Crippen LogP contribution in [0.3, 0.4) is 0 Å². The smallest absolute Gasteiger partial charge is 0.410 e. The Morgan fingerprint density at radius 2 is 2.06 bits per heavy atom.